The van der Waals surface area contributed by atoms with Gasteiger partial charge in [0.15, 0.2) is 5.82 Å². The maximum Gasteiger partial charge on any atom is 0.249 e. The molecular formula is C20H24ClF2N3OS. The van der Waals surface area contributed by atoms with Crippen molar-refractivity contribution in [2.75, 3.05) is 15.7 Å². The number of aromatic nitrogens is 1. The molecule has 4 nitrogen and oxygen atoms in total. The Hall–Kier alpha value is -1.86. The summed E-state index contributed by atoms with van der Waals surface area (Å²) < 4.78 is 28.2. The van der Waals surface area contributed by atoms with E-state index in [4.69, 9.17) is 11.6 Å². The van der Waals surface area contributed by atoms with E-state index in [9.17, 15) is 13.6 Å². The van der Waals surface area contributed by atoms with E-state index in [1.165, 1.54) is 11.0 Å². The molecule has 2 aromatic rings. The van der Waals surface area contributed by atoms with E-state index in [2.05, 4.69) is 17.6 Å². The Morgan fingerprint density at radius 3 is 2.39 bits per heavy atom. The fourth-order valence-corrected chi connectivity index (χ4v) is 3.60. The molecule has 0 spiro atoms. The molecule has 28 heavy (non-hydrogen) atoms. The second kappa shape index (κ2) is 9.09. The molecule has 0 aliphatic heterocycles. The average Bonchev–Trinajstić information content (AvgIpc) is 2.61. The molecule has 0 fully saturated rings. The first kappa shape index (κ1) is 22.4. The summed E-state index contributed by atoms with van der Waals surface area (Å²) in [5, 5.41) is -0.634. The maximum absolute atomic E-state index is 14.6. The second-order valence-corrected chi connectivity index (χ2v) is 7.59. The van der Waals surface area contributed by atoms with Crippen molar-refractivity contribution in [3.8, 4) is 0 Å². The first-order chi connectivity index (χ1) is 13.1. The van der Waals surface area contributed by atoms with Crippen molar-refractivity contribution < 1.29 is 13.6 Å². The molecule has 0 radical (unpaired) electrons. The summed E-state index contributed by atoms with van der Waals surface area (Å²) in [5.74, 6) is -1.36. The van der Waals surface area contributed by atoms with Crippen LogP contribution >= 0.6 is 24.2 Å². The van der Waals surface area contributed by atoms with E-state index >= 15 is 0 Å². The van der Waals surface area contributed by atoms with E-state index in [-0.39, 0.29) is 23.5 Å². The van der Waals surface area contributed by atoms with Crippen LogP contribution in [0.3, 0.4) is 0 Å². The molecule has 0 saturated carbocycles. The molecule has 0 N–H and O–H groups in total. The van der Waals surface area contributed by atoms with Crippen molar-refractivity contribution in [2.24, 2.45) is 0 Å². The van der Waals surface area contributed by atoms with Crippen molar-refractivity contribution in [2.45, 2.75) is 46.7 Å². The van der Waals surface area contributed by atoms with Gasteiger partial charge in [-0.1, -0.05) is 11.6 Å². The fraction of sp³-hybridized carbons (Fsp3) is 0.400. The van der Waals surface area contributed by atoms with Crippen LogP contribution in [-0.2, 0) is 4.79 Å². The third-order valence-corrected chi connectivity index (χ3v) is 5.04. The number of anilines is 2. The fourth-order valence-electron chi connectivity index (χ4n) is 3.05. The lowest BCUT2D eigenvalue weighted by Crippen LogP contribution is -2.50. The normalized spacial score (nSPS) is 12.2. The lowest BCUT2D eigenvalue weighted by molar-refractivity contribution is -0.119. The molecule has 0 aliphatic carbocycles. The van der Waals surface area contributed by atoms with Crippen molar-refractivity contribution >= 4 is 41.6 Å². The monoisotopic (exact) mass is 427 g/mol. The number of aryl methyl sites for hydroxylation is 2. The minimum atomic E-state index is -0.960. The van der Waals surface area contributed by atoms with E-state index in [1.54, 1.807) is 25.7 Å². The van der Waals surface area contributed by atoms with Gasteiger partial charge in [0.25, 0.3) is 0 Å². The van der Waals surface area contributed by atoms with Gasteiger partial charge in [-0.15, -0.1) is 0 Å². The Bertz CT molecular complexity index is 859. The van der Waals surface area contributed by atoms with Gasteiger partial charge in [0, 0.05) is 11.7 Å². The Labute approximate surface area is 174 Å². The minimum absolute atomic E-state index is 0.0641. The largest absolute Gasteiger partial charge is 0.336 e. The van der Waals surface area contributed by atoms with E-state index < -0.39 is 22.7 Å². The number of thiol groups is 1. The zero-order chi connectivity index (χ0) is 21.2. The van der Waals surface area contributed by atoms with Crippen LogP contribution in [0.2, 0.25) is 5.02 Å². The standard InChI is InChI=1S/C20H24ClF2N3OS/c1-11(2)26(16-7-6-15(22)18(21)19(16)23)20(27)14(5)25(10-28)17-9-12(3)8-13(4)24-17/h6-9,11,14,28H,10H2,1-5H3. The van der Waals surface area contributed by atoms with Crippen LogP contribution in [0.1, 0.15) is 32.0 Å². The topological polar surface area (TPSA) is 36.4 Å². The molecule has 152 valence electrons. The number of carbonyl (C=O) groups excluding carboxylic acids is 1. The predicted octanol–water partition coefficient (Wildman–Crippen LogP) is 5.15. The molecule has 1 heterocycles. The Morgan fingerprint density at radius 1 is 1.21 bits per heavy atom. The Kier molecular flexibility index (Phi) is 7.28. The number of carbonyl (C=O) groups is 1. The van der Waals surface area contributed by atoms with Crippen LogP contribution in [0.15, 0.2) is 24.3 Å². The lowest BCUT2D eigenvalue weighted by atomic mass is 10.1. The third kappa shape index (κ3) is 4.58. The Balaban J connectivity index is 2.45. The molecule has 2 rings (SSSR count). The van der Waals surface area contributed by atoms with Crippen LogP contribution in [0, 0.1) is 25.5 Å². The van der Waals surface area contributed by atoms with Gasteiger partial charge in [-0.05, 0) is 64.4 Å². The van der Waals surface area contributed by atoms with Crippen LogP contribution in [0.5, 0.6) is 0 Å². The average molecular weight is 428 g/mol. The quantitative estimate of drug-likeness (QED) is 0.393. The van der Waals surface area contributed by atoms with Gasteiger partial charge >= 0.3 is 0 Å². The summed E-state index contributed by atoms with van der Waals surface area (Å²) in [5.41, 5.74) is 1.76. The van der Waals surface area contributed by atoms with Crippen LogP contribution in [0.4, 0.5) is 20.3 Å². The number of benzene rings is 1. The predicted molar refractivity (Wildman–Crippen MR) is 113 cm³/mol. The summed E-state index contributed by atoms with van der Waals surface area (Å²) in [7, 11) is 0. The van der Waals surface area contributed by atoms with Crippen LogP contribution in [0.25, 0.3) is 0 Å². The molecule has 0 aliphatic rings. The molecule has 1 aromatic heterocycles. The number of hydrogen-bond acceptors (Lipinski definition) is 4. The first-order valence-corrected chi connectivity index (χ1v) is 9.88. The van der Waals surface area contributed by atoms with Gasteiger partial charge in [-0.3, -0.25) is 4.79 Å². The number of hydrogen-bond donors (Lipinski definition) is 1. The molecule has 1 unspecified atom stereocenters. The van der Waals surface area contributed by atoms with Gasteiger partial charge in [0.2, 0.25) is 5.91 Å². The van der Waals surface area contributed by atoms with Crippen molar-refractivity contribution in [1.29, 1.82) is 0 Å². The number of halogens is 3. The lowest BCUT2D eigenvalue weighted by Gasteiger charge is -2.35. The van der Waals surface area contributed by atoms with Crippen molar-refractivity contribution in [3.05, 3.63) is 52.2 Å². The summed E-state index contributed by atoms with van der Waals surface area (Å²) in [4.78, 5) is 20.8. The number of pyridine rings is 1. The van der Waals surface area contributed by atoms with Gasteiger partial charge in [0.1, 0.15) is 22.7 Å². The van der Waals surface area contributed by atoms with E-state index in [0.717, 1.165) is 17.3 Å². The second-order valence-electron chi connectivity index (χ2n) is 6.93. The van der Waals surface area contributed by atoms with Crippen LogP contribution in [-0.4, -0.2) is 28.9 Å². The molecule has 1 aromatic carbocycles. The maximum atomic E-state index is 14.6. The molecule has 0 saturated heterocycles. The number of amides is 1. The van der Waals surface area contributed by atoms with Crippen molar-refractivity contribution in [1.82, 2.24) is 4.98 Å². The third-order valence-electron chi connectivity index (χ3n) is 4.38. The summed E-state index contributed by atoms with van der Waals surface area (Å²) in [6.07, 6.45) is 0. The zero-order valence-corrected chi connectivity index (χ0v) is 18.2. The highest BCUT2D eigenvalue weighted by atomic mass is 35.5. The molecule has 1 amide bonds. The minimum Gasteiger partial charge on any atom is -0.336 e. The first-order valence-electron chi connectivity index (χ1n) is 8.87. The molecular weight excluding hydrogens is 404 g/mol. The summed E-state index contributed by atoms with van der Waals surface area (Å²) in [6, 6.07) is 5.01. The number of nitrogens with zero attached hydrogens (tertiary/aromatic N) is 3. The highest BCUT2D eigenvalue weighted by Gasteiger charge is 2.31. The smallest absolute Gasteiger partial charge is 0.249 e. The zero-order valence-electron chi connectivity index (χ0n) is 16.5. The highest BCUT2D eigenvalue weighted by molar-refractivity contribution is 7.80. The van der Waals surface area contributed by atoms with Gasteiger partial charge in [0.05, 0.1) is 11.6 Å². The van der Waals surface area contributed by atoms with E-state index in [1.807, 2.05) is 26.0 Å². The Morgan fingerprint density at radius 2 is 1.86 bits per heavy atom. The van der Waals surface area contributed by atoms with Gasteiger partial charge in [-0.25, -0.2) is 13.8 Å². The summed E-state index contributed by atoms with van der Waals surface area (Å²) >= 11 is 10.1. The molecule has 0 bridgehead atoms. The van der Waals surface area contributed by atoms with Gasteiger partial charge < -0.3 is 9.80 Å². The molecule has 1 atom stereocenters. The number of rotatable bonds is 6. The highest BCUT2D eigenvalue weighted by Crippen LogP contribution is 2.31. The van der Waals surface area contributed by atoms with Crippen LogP contribution < -0.4 is 9.80 Å². The molecule has 8 heteroatoms. The summed E-state index contributed by atoms with van der Waals surface area (Å²) in [6.45, 7) is 9.02. The van der Waals surface area contributed by atoms with Crippen molar-refractivity contribution in [3.63, 3.8) is 0 Å². The SMILES string of the molecule is Cc1cc(C)nc(N(CS)C(C)C(=O)N(c2ccc(F)c(Cl)c2F)C(C)C)c1. The van der Waals surface area contributed by atoms with E-state index in [0.29, 0.717) is 5.82 Å². The van der Waals surface area contributed by atoms with Gasteiger partial charge in [-0.2, -0.15) is 12.6 Å².